The molecule has 0 aliphatic carbocycles. The third-order valence-corrected chi connectivity index (χ3v) is 5.69. The molecule has 1 aliphatic heterocycles. The van der Waals surface area contributed by atoms with E-state index >= 15 is 0 Å². The van der Waals surface area contributed by atoms with E-state index in [1.165, 1.54) is 4.90 Å². The lowest BCUT2D eigenvalue weighted by Gasteiger charge is -2.12. The number of carbonyl (C=O) groups is 2. The Hall–Kier alpha value is -2.79. The van der Waals surface area contributed by atoms with Crippen molar-refractivity contribution in [1.82, 2.24) is 9.47 Å². The number of carbonyl (C=O) groups excluding carboxylic acids is 2. The van der Waals surface area contributed by atoms with Crippen molar-refractivity contribution in [1.29, 1.82) is 0 Å². The van der Waals surface area contributed by atoms with Gasteiger partial charge in [-0.25, -0.2) is 0 Å². The SMILES string of the molecule is CCn1cc(/C=C2\SC(=O)N(Cc3ccc(C)cc3)C2=O)c2ccccc21. The molecule has 136 valence electrons. The van der Waals surface area contributed by atoms with Crippen molar-refractivity contribution in [2.24, 2.45) is 0 Å². The summed E-state index contributed by atoms with van der Waals surface area (Å²) in [7, 11) is 0. The Morgan fingerprint density at radius 1 is 1.04 bits per heavy atom. The van der Waals surface area contributed by atoms with Crippen LogP contribution in [0.4, 0.5) is 4.79 Å². The van der Waals surface area contributed by atoms with Gasteiger partial charge in [-0.3, -0.25) is 14.5 Å². The molecule has 1 fully saturated rings. The zero-order valence-corrected chi connectivity index (χ0v) is 16.1. The molecule has 1 aromatic heterocycles. The van der Waals surface area contributed by atoms with Crippen molar-refractivity contribution in [3.8, 4) is 0 Å². The molecule has 0 N–H and O–H groups in total. The molecule has 2 amide bonds. The first kappa shape index (κ1) is 17.6. The summed E-state index contributed by atoms with van der Waals surface area (Å²) < 4.78 is 2.15. The van der Waals surface area contributed by atoms with Crippen molar-refractivity contribution in [2.75, 3.05) is 0 Å². The Bertz CT molecular complexity index is 1060. The molecule has 2 heterocycles. The summed E-state index contributed by atoms with van der Waals surface area (Å²) in [4.78, 5) is 27.0. The van der Waals surface area contributed by atoms with Crippen LogP contribution in [0.3, 0.4) is 0 Å². The van der Waals surface area contributed by atoms with Crippen LogP contribution >= 0.6 is 11.8 Å². The zero-order valence-electron chi connectivity index (χ0n) is 15.3. The molecule has 0 spiro atoms. The smallest absolute Gasteiger partial charge is 0.293 e. The molecule has 0 saturated carbocycles. The number of aryl methyl sites for hydroxylation is 2. The standard InChI is InChI=1S/C22H20N2O2S/c1-3-23-14-17(18-6-4-5-7-19(18)23)12-20-21(25)24(22(26)27-20)13-16-10-8-15(2)9-11-16/h4-12,14H,3,13H2,1-2H3/b20-12-. The lowest BCUT2D eigenvalue weighted by molar-refractivity contribution is -0.123. The van der Waals surface area contributed by atoms with Crippen LogP contribution in [-0.4, -0.2) is 20.6 Å². The number of benzene rings is 2. The van der Waals surface area contributed by atoms with Gasteiger partial charge in [-0.15, -0.1) is 0 Å². The Balaban J connectivity index is 1.64. The van der Waals surface area contributed by atoms with Crippen LogP contribution in [0.25, 0.3) is 17.0 Å². The molecule has 0 radical (unpaired) electrons. The van der Waals surface area contributed by atoms with Crippen molar-refractivity contribution < 1.29 is 9.59 Å². The highest BCUT2D eigenvalue weighted by Gasteiger charge is 2.35. The second-order valence-corrected chi connectivity index (χ2v) is 7.63. The van der Waals surface area contributed by atoms with Gasteiger partial charge in [0.2, 0.25) is 0 Å². The molecule has 1 saturated heterocycles. The van der Waals surface area contributed by atoms with Crippen molar-refractivity contribution in [2.45, 2.75) is 26.9 Å². The average molecular weight is 376 g/mol. The van der Waals surface area contributed by atoms with Crippen LogP contribution in [0.1, 0.15) is 23.6 Å². The van der Waals surface area contributed by atoms with Crippen LogP contribution < -0.4 is 0 Å². The summed E-state index contributed by atoms with van der Waals surface area (Å²) in [6.07, 6.45) is 3.88. The number of imide groups is 1. The number of hydrogen-bond acceptors (Lipinski definition) is 3. The molecule has 0 unspecified atom stereocenters. The Morgan fingerprint density at radius 2 is 1.78 bits per heavy atom. The van der Waals surface area contributed by atoms with E-state index in [4.69, 9.17) is 0 Å². The first-order chi connectivity index (χ1) is 13.1. The molecule has 2 aromatic carbocycles. The first-order valence-corrected chi connectivity index (χ1v) is 9.77. The quantitative estimate of drug-likeness (QED) is 0.587. The lowest BCUT2D eigenvalue weighted by atomic mass is 10.1. The Kier molecular flexibility index (Phi) is 4.62. The first-order valence-electron chi connectivity index (χ1n) is 8.95. The summed E-state index contributed by atoms with van der Waals surface area (Å²) in [5.74, 6) is -0.223. The van der Waals surface area contributed by atoms with Gasteiger partial charge >= 0.3 is 0 Å². The minimum Gasteiger partial charge on any atom is -0.347 e. The van der Waals surface area contributed by atoms with Gasteiger partial charge in [-0.2, -0.15) is 0 Å². The summed E-state index contributed by atoms with van der Waals surface area (Å²) in [6, 6.07) is 16.0. The second-order valence-electron chi connectivity index (χ2n) is 6.64. The molecule has 5 heteroatoms. The molecular weight excluding hydrogens is 356 g/mol. The molecule has 4 nitrogen and oxygen atoms in total. The summed E-state index contributed by atoms with van der Waals surface area (Å²) >= 11 is 1.01. The molecule has 4 rings (SSSR count). The fourth-order valence-corrected chi connectivity index (χ4v) is 4.13. The van der Waals surface area contributed by atoms with Crippen molar-refractivity contribution >= 4 is 39.9 Å². The van der Waals surface area contributed by atoms with E-state index in [-0.39, 0.29) is 11.1 Å². The number of aromatic nitrogens is 1. The predicted octanol–water partition coefficient (Wildman–Crippen LogP) is 5.21. The second kappa shape index (κ2) is 7.08. The van der Waals surface area contributed by atoms with Crippen molar-refractivity contribution in [3.05, 3.63) is 76.3 Å². The highest BCUT2D eigenvalue weighted by molar-refractivity contribution is 8.18. The van der Waals surface area contributed by atoms with E-state index in [2.05, 4.69) is 17.6 Å². The maximum atomic E-state index is 12.8. The third-order valence-electron chi connectivity index (χ3n) is 4.78. The molecule has 27 heavy (non-hydrogen) atoms. The molecular formula is C22H20N2O2S. The van der Waals surface area contributed by atoms with Crippen LogP contribution in [0.2, 0.25) is 0 Å². The van der Waals surface area contributed by atoms with Crippen LogP contribution in [0.5, 0.6) is 0 Å². The minimum absolute atomic E-state index is 0.217. The average Bonchev–Trinajstić information content (AvgIpc) is 3.16. The number of thioether (sulfide) groups is 1. The topological polar surface area (TPSA) is 42.3 Å². The summed E-state index contributed by atoms with van der Waals surface area (Å²) in [6.45, 7) is 5.26. The van der Waals surface area contributed by atoms with Gasteiger partial charge in [-0.05, 0) is 43.3 Å². The number of nitrogens with zero attached hydrogens (tertiary/aromatic N) is 2. The van der Waals surface area contributed by atoms with Gasteiger partial charge in [0.15, 0.2) is 0 Å². The number of rotatable bonds is 4. The third kappa shape index (κ3) is 3.30. The Morgan fingerprint density at radius 3 is 2.52 bits per heavy atom. The van der Waals surface area contributed by atoms with Gasteiger partial charge in [0, 0.05) is 29.2 Å². The highest BCUT2D eigenvalue weighted by atomic mass is 32.2. The van der Waals surface area contributed by atoms with E-state index in [1.807, 2.05) is 61.7 Å². The normalized spacial score (nSPS) is 16.1. The van der Waals surface area contributed by atoms with Gasteiger partial charge in [0.25, 0.3) is 11.1 Å². The summed E-state index contributed by atoms with van der Waals surface area (Å²) in [5, 5.41) is 0.871. The molecule has 0 atom stereocenters. The van der Waals surface area contributed by atoms with Crippen molar-refractivity contribution in [3.63, 3.8) is 0 Å². The van der Waals surface area contributed by atoms with Gasteiger partial charge < -0.3 is 4.57 Å². The monoisotopic (exact) mass is 376 g/mol. The predicted molar refractivity (Wildman–Crippen MR) is 110 cm³/mol. The van der Waals surface area contributed by atoms with Crippen LogP contribution in [-0.2, 0) is 17.9 Å². The van der Waals surface area contributed by atoms with Crippen LogP contribution in [0, 0.1) is 6.92 Å². The van der Waals surface area contributed by atoms with E-state index in [9.17, 15) is 9.59 Å². The zero-order chi connectivity index (χ0) is 19.0. The fraction of sp³-hybridized carbons (Fsp3) is 0.182. The van der Waals surface area contributed by atoms with E-state index in [1.54, 1.807) is 0 Å². The molecule has 0 bridgehead atoms. The number of para-hydroxylation sites is 1. The maximum Gasteiger partial charge on any atom is 0.293 e. The summed E-state index contributed by atoms with van der Waals surface area (Å²) in [5.41, 5.74) is 4.20. The highest BCUT2D eigenvalue weighted by Crippen LogP contribution is 2.35. The number of fused-ring (bicyclic) bond motifs is 1. The number of hydrogen-bond donors (Lipinski definition) is 0. The van der Waals surface area contributed by atoms with E-state index in [0.717, 1.165) is 45.9 Å². The van der Waals surface area contributed by atoms with Gasteiger partial charge in [-0.1, -0.05) is 48.0 Å². The van der Waals surface area contributed by atoms with Crippen LogP contribution in [0.15, 0.2) is 59.6 Å². The lowest BCUT2D eigenvalue weighted by Crippen LogP contribution is -2.27. The molecule has 1 aliphatic rings. The van der Waals surface area contributed by atoms with Gasteiger partial charge in [0.05, 0.1) is 11.4 Å². The Labute approximate surface area is 162 Å². The molecule has 3 aromatic rings. The van der Waals surface area contributed by atoms with Gasteiger partial charge in [0.1, 0.15) is 0 Å². The largest absolute Gasteiger partial charge is 0.347 e. The van der Waals surface area contributed by atoms with E-state index < -0.39 is 0 Å². The van der Waals surface area contributed by atoms with E-state index in [0.29, 0.717) is 11.4 Å². The fourth-order valence-electron chi connectivity index (χ4n) is 3.31. The minimum atomic E-state index is -0.223. The number of amides is 2. The maximum absolute atomic E-state index is 12.8.